The van der Waals surface area contributed by atoms with E-state index in [1.54, 1.807) is 11.3 Å². The van der Waals surface area contributed by atoms with E-state index >= 15 is 0 Å². The van der Waals surface area contributed by atoms with Crippen molar-refractivity contribution in [1.29, 1.82) is 0 Å². The Bertz CT molecular complexity index is 365. The second-order valence-electron chi connectivity index (χ2n) is 5.02. The molecule has 1 rings (SSSR count). The fraction of sp³-hybridized carbons (Fsp3) is 0.588. The zero-order chi connectivity index (χ0) is 13.8. The van der Waals surface area contributed by atoms with E-state index in [1.165, 1.54) is 56.2 Å². The number of carbonyl (C=O) groups excluding carboxylic acids is 1. The summed E-state index contributed by atoms with van der Waals surface area (Å²) in [6.45, 7) is 2.26. The number of thiophene rings is 1. The predicted octanol–water partition coefficient (Wildman–Crippen LogP) is 6.10. The SMILES string of the molecule is CCCCCCCCCC/C=C/c1ccc(C=O)s1. The van der Waals surface area contributed by atoms with E-state index in [1.807, 2.05) is 12.1 Å². The smallest absolute Gasteiger partial charge is 0.160 e. The predicted molar refractivity (Wildman–Crippen MR) is 86.0 cm³/mol. The Hall–Kier alpha value is -0.890. The van der Waals surface area contributed by atoms with Gasteiger partial charge >= 0.3 is 0 Å². The van der Waals surface area contributed by atoms with Crippen LogP contribution in [0.3, 0.4) is 0 Å². The minimum Gasteiger partial charge on any atom is -0.297 e. The number of hydrogen-bond donors (Lipinski definition) is 0. The van der Waals surface area contributed by atoms with Crippen molar-refractivity contribution in [2.24, 2.45) is 0 Å². The highest BCUT2D eigenvalue weighted by atomic mass is 32.1. The first kappa shape index (κ1) is 16.2. The normalized spacial score (nSPS) is 11.2. The van der Waals surface area contributed by atoms with Crippen LogP contribution in [0.4, 0.5) is 0 Å². The molecule has 0 fully saturated rings. The van der Waals surface area contributed by atoms with Crippen molar-refractivity contribution in [3.8, 4) is 0 Å². The van der Waals surface area contributed by atoms with Gasteiger partial charge in [-0.05, 0) is 31.1 Å². The van der Waals surface area contributed by atoms with E-state index in [-0.39, 0.29) is 0 Å². The van der Waals surface area contributed by atoms with Crippen molar-refractivity contribution in [1.82, 2.24) is 0 Å². The van der Waals surface area contributed by atoms with Crippen molar-refractivity contribution in [3.63, 3.8) is 0 Å². The molecule has 0 unspecified atom stereocenters. The zero-order valence-electron chi connectivity index (χ0n) is 12.1. The van der Waals surface area contributed by atoms with Gasteiger partial charge in [0.05, 0.1) is 4.88 Å². The maximum Gasteiger partial charge on any atom is 0.160 e. The fourth-order valence-electron chi connectivity index (χ4n) is 2.12. The van der Waals surface area contributed by atoms with Gasteiger partial charge in [-0.25, -0.2) is 0 Å². The summed E-state index contributed by atoms with van der Waals surface area (Å²) >= 11 is 1.56. The molecule has 0 saturated heterocycles. The first-order valence-corrected chi connectivity index (χ1v) is 8.40. The first-order valence-electron chi connectivity index (χ1n) is 7.58. The molecule has 1 aromatic heterocycles. The van der Waals surface area contributed by atoms with Crippen LogP contribution < -0.4 is 0 Å². The van der Waals surface area contributed by atoms with E-state index in [4.69, 9.17) is 0 Å². The van der Waals surface area contributed by atoms with Crippen molar-refractivity contribution in [3.05, 3.63) is 28.0 Å². The van der Waals surface area contributed by atoms with Crippen molar-refractivity contribution in [2.45, 2.75) is 64.7 Å². The summed E-state index contributed by atoms with van der Waals surface area (Å²) in [6, 6.07) is 3.90. The first-order chi connectivity index (χ1) is 9.36. The van der Waals surface area contributed by atoms with Gasteiger partial charge in [0, 0.05) is 4.88 Å². The Morgan fingerprint density at radius 3 is 2.21 bits per heavy atom. The summed E-state index contributed by atoms with van der Waals surface area (Å²) in [5.74, 6) is 0. The topological polar surface area (TPSA) is 17.1 Å². The molecule has 0 radical (unpaired) electrons. The minimum absolute atomic E-state index is 0.812. The Labute approximate surface area is 121 Å². The van der Waals surface area contributed by atoms with Crippen LogP contribution >= 0.6 is 11.3 Å². The van der Waals surface area contributed by atoms with Gasteiger partial charge in [-0.3, -0.25) is 4.79 Å². The highest BCUT2D eigenvalue weighted by molar-refractivity contribution is 7.14. The Morgan fingerprint density at radius 1 is 0.947 bits per heavy atom. The molecule has 0 atom stereocenters. The monoisotopic (exact) mass is 278 g/mol. The minimum atomic E-state index is 0.812. The van der Waals surface area contributed by atoms with Crippen LogP contribution in [-0.2, 0) is 0 Å². The third-order valence-corrected chi connectivity index (χ3v) is 4.25. The van der Waals surface area contributed by atoms with Crippen LogP contribution in [0.2, 0.25) is 0 Å². The lowest BCUT2D eigenvalue weighted by atomic mass is 10.1. The molecule has 0 N–H and O–H groups in total. The van der Waals surface area contributed by atoms with Crippen molar-refractivity contribution >= 4 is 23.7 Å². The van der Waals surface area contributed by atoms with Gasteiger partial charge in [0.15, 0.2) is 6.29 Å². The zero-order valence-corrected chi connectivity index (χ0v) is 12.9. The summed E-state index contributed by atoms with van der Waals surface area (Å²) < 4.78 is 0. The Kier molecular flexibility index (Phi) is 9.34. The average Bonchev–Trinajstić information content (AvgIpc) is 2.89. The Morgan fingerprint density at radius 2 is 1.58 bits per heavy atom. The summed E-state index contributed by atoms with van der Waals surface area (Å²) in [5.41, 5.74) is 0. The molecule has 106 valence electrons. The maximum absolute atomic E-state index is 10.5. The van der Waals surface area contributed by atoms with Crippen LogP contribution in [0.15, 0.2) is 18.2 Å². The van der Waals surface area contributed by atoms with Crippen LogP contribution in [0.5, 0.6) is 0 Å². The lowest BCUT2D eigenvalue weighted by Crippen LogP contribution is -1.79. The molecule has 0 saturated carbocycles. The van der Waals surface area contributed by atoms with Crippen LogP contribution in [-0.4, -0.2) is 6.29 Å². The molecule has 1 aromatic rings. The van der Waals surface area contributed by atoms with E-state index in [0.29, 0.717) is 0 Å². The summed E-state index contributed by atoms with van der Waals surface area (Å²) in [7, 11) is 0. The number of unbranched alkanes of at least 4 members (excludes halogenated alkanes) is 8. The number of rotatable bonds is 11. The van der Waals surface area contributed by atoms with Gasteiger partial charge in [-0.1, -0.05) is 57.9 Å². The molecule has 0 bridgehead atoms. The molecular formula is C17H26OS. The summed E-state index contributed by atoms with van der Waals surface area (Å²) in [5, 5.41) is 0. The molecule has 19 heavy (non-hydrogen) atoms. The van der Waals surface area contributed by atoms with E-state index in [2.05, 4.69) is 19.1 Å². The molecule has 1 nitrogen and oxygen atoms in total. The lowest BCUT2D eigenvalue weighted by Gasteiger charge is -1.99. The third kappa shape index (κ3) is 7.99. The molecule has 0 spiro atoms. The average molecular weight is 278 g/mol. The number of hydrogen-bond acceptors (Lipinski definition) is 2. The van der Waals surface area contributed by atoms with Gasteiger partial charge < -0.3 is 0 Å². The maximum atomic E-state index is 10.5. The molecule has 0 aliphatic heterocycles. The van der Waals surface area contributed by atoms with Crippen LogP contribution in [0.25, 0.3) is 6.08 Å². The molecule has 2 heteroatoms. The van der Waals surface area contributed by atoms with Gasteiger partial charge in [-0.2, -0.15) is 0 Å². The number of aldehydes is 1. The molecule has 0 aliphatic rings. The standard InChI is InChI=1S/C17H26OS/c1-2-3-4-5-6-7-8-9-10-11-12-16-13-14-17(15-18)19-16/h11-15H,2-10H2,1H3/b12-11+. The molecule has 0 aliphatic carbocycles. The number of allylic oxidation sites excluding steroid dienone is 1. The highest BCUT2D eigenvalue weighted by Gasteiger charge is 1.94. The van der Waals surface area contributed by atoms with Gasteiger partial charge in [0.25, 0.3) is 0 Å². The molecule has 0 amide bonds. The van der Waals surface area contributed by atoms with Crippen molar-refractivity contribution < 1.29 is 4.79 Å². The molecule has 1 heterocycles. The largest absolute Gasteiger partial charge is 0.297 e. The highest BCUT2D eigenvalue weighted by Crippen LogP contribution is 2.17. The quantitative estimate of drug-likeness (QED) is 0.353. The van der Waals surface area contributed by atoms with Crippen molar-refractivity contribution in [2.75, 3.05) is 0 Å². The van der Waals surface area contributed by atoms with Gasteiger partial charge in [-0.15, -0.1) is 11.3 Å². The van der Waals surface area contributed by atoms with E-state index in [9.17, 15) is 4.79 Å². The van der Waals surface area contributed by atoms with E-state index in [0.717, 1.165) is 17.6 Å². The van der Waals surface area contributed by atoms with Gasteiger partial charge in [0.2, 0.25) is 0 Å². The van der Waals surface area contributed by atoms with Crippen LogP contribution in [0, 0.1) is 0 Å². The third-order valence-electron chi connectivity index (χ3n) is 3.27. The molecule has 0 aromatic carbocycles. The van der Waals surface area contributed by atoms with Gasteiger partial charge in [0.1, 0.15) is 0 Å². The summed E-state index contributed by atoms with van der Waals surface area (Å²) in [6.07, 6.45) is 17.4. The second kappa shape index (κ2) is 11.0. The fourth-order valence-corrected chi connectivity index (χ4v) is 2.87. The second-order valence-corrected chi connectivity index (χ2v) is 6.17. The number of carbonyl (C=O) groups is 1. The summed E-state index contributed by atoms with van der Waals surface area (Å²) in [4.78, 5) is 12.5. The Balaban J connectivity index is 1.97. The lowest BCUT2D eigenvalue weighted by molar-refractivity contribution is 0.112. The van der Waals surface area contributed by atoms with Crippen LogP contribution in [0.1, 0.15) is 79.3 Å². The van der Waals surface area contributed by atoms with E-state index < -0.39 is 0 Å². The molecular weight excluding hydrogens is 252 g/mol.